The van der Waals surface area contributed by atoms with Crippen LogP contribution < -0.4 is 16.0 Å². The zero-order valence-corrected chi connectivity index (χ0v) is 17.2. The predicted molar refractivity (Wildman–Crippen MR) is 107 cm³/mol. The Hall–Kier alpha value is -2.16. The number of hydrogen-bond acceptors (Lipinski definition) is 7. The van der Waals surface area contributed by atoms with E-state index in [4.69, 9.17) is 14.6 Å². The van der Waals surface area contributed by atoms with Crippen molar-refractivity contribution in [2.24, 2.45) is 0 Å². The lowest BCUT2D eigenvalue weighted by Crippen LogP contribution is -2.54. The van der Waals surface area contributed by atoms with E-state index in [2.05, 4.69) is 16.0 Å². The summed E-state index contributed by atoms with van der Waals surface area (Å²) >= 11 is 0. The Morgan fingerprint density at radius 1 is 1.18 bits per heavy atom. The third-order valence-electron chi connectivity index (χ3n) is 3.73. The zero-order chi connectivity index (χ0) is 21.0. The highest BCUT2D eigenvalue weighted by molar-refractivity contribution is 5.72. The number of rotatable bonds is 11. The summed E-state index contributed by atoms with van der Waals surface area (Å²) in [6, 6.07) is 8.91. The van der Waals surface area contributed by atoms with Crippen molar-refractivity contribution in [2.45, 2.75) is 52.0 Å². The van der Waals surface area contributed by atoms with Gasteiger partial charge in [0.05, 0.1) is 13.2 Å². The third kappa shape index (κ3) is 10.9. The van der Waals surface area contributed by atoms with E-state index in [1.54, 1.807) is 0 Å². The van der Waals surface area contributed by atoms with Crippen LogP contribution in [0.3, 0.4) is 0 Å². The summed E-state index contributed by atoms with van der Waals surface area (Å²) in [7, 11) is 0. The number of hydrogen-bond donors (Lipinski definition) is 4. The molecule has 28 heavy (non-hydrogen) atoms. The van der Waals surface area contributed by atoms with Crippen LogP contribution in [0.2, 0.25) is 0 Å². The van der Waals surface area contributed by atoms with Crippen LogP contribution in [-0.2, 0) is 20.9 Å². The van der Waals surface area contributed by atoms with E-state index >= 15 is 0 Å². The van der Waals surface area contributed by atoms with Crippen LogP contribution in [0.1, 0.15) is 33.3 Å². The average molecular weight is 396 g/mol. The standard InChI is InChI=1S/C20H33N3O5/c1-15(23-19(26)27-14-16-8-6-5-7-9-16)17(22-10-11-24)12-21-13-18(25)28-20(2,3)4/h5-9,15,17,21-22,24H,10-14H2,1-4H3,(H,23,26). The molecule has 0 bridgehead atoms. The number of carbonyl (C=O) groups excluding carboxylic acids is 2. The van der Waals surface area contributed by atoms with Crippen molar-refractivity contribution < 1.29 is 24.2 Å². The van der Waals surface area contributed by atoms with Gasteiger partial charge in [0.2, 0.25) is 0 Å². The van der Waals surface area contributed by atoms with E-state index in [0.29, 0.717) is 13.1 Å². The lowest BCUT2D eigenvalue weighted by molar-refractivity contribution is -0.153. The van der Waals surface area contributed by atoms with Gasteiger partial charge in [-0.1, -0.05) is 30.3 Å². The van der Waals surface area contributed by atoms with E-state index < -0.39 is 11.7 Å². The fourth-order valence-electron chi connectivity index (χ4n) is 2.43. The second-order valence-corrected chi connectivity index (χ2v) is 7.50. The first-order valence-corrected chi connectivity index (χ1v) is 9.45. The minimum atomic E-state index is -0.537. The van der Waals surface area contributed by atoms with Gasteiger partial charge in [0, 0.05) is 25.2 Å². The Balaban J connectivity index is 2.43. The second-order valence-electron chi connectivity index (χ2n) is 7.50. The summed E-state index contributed by atoms with van der Waals surface area (Å²) in [5.74, 6) is -0.351. The van der Waals surface area contributed by atoms with E-state index in [9.17, 15) is 9.59 Å². The lowest BCUT2D eigenvalue weighted by atomic mass is 10.1. The number of alkyl carbamates (subject to hydrolysis) is 1. The minimum Gasteiger partial charge on any atom is -0.459 e. The molecular weight excluding hydrogens is 362 g/mol. The van der Waals surface area contributed by atoms with E-state index in [1.807, 2.05) is 58.0 Å². The monoisotopic (exact) mass is 395 g/mol. The average Bonchev–Trinajstić information content (AvgIpc) is 2.62. The zero-order valence-electron chi connectivity index (χ0n) is 17.2. The molecule has 1 rings (SSSR count). The quantitative estimate of drug-likeness (QED) is 0.417. The molecule has 0 aliphatic rings. The van der Waals surface area contributed by atoms with Gasteiger partial charge in [-0.15, -0.1) is 0 Å². The highest BCUT2D eigenvalue weighted by atomic mass is 16.6. The second kappa shape index (κ2) is 12.3. The summed E-state index contributed by atoms with van der Waals surface area (Å²) in [6.45, 7) is 8.23. The summed E-state index contributed by atoms with van der Waals surface area (Å²) in [6.07, 6.45) is -0.528. The number of aliphatic hydroxyl groups is 1. The molecule has 2 atom stereocenters. The van der Waals surface area contributed by atoms with Gasteiger partial charge in [-0.2, -0.15) is 0 Å². The molecule has 0 saturated carbocycles. The minimum absolute atomic E-state index is 0.0340. The number of aliphatic hydroxyl groups excluding tert-OH is 1. The van der Waals surface area contributed by atoms with Crippen molar-refractivity contribution >= 4 is 12.1 Å². The molecule has 4 N–H and O–H groups in total. The molecule has 8 heteroatoms. The first-order chi connectivity index (χ1) is 13.2. The molecule has 0 heterocycles. The van der Waals surface area contributed by atoms with Gasteiger partial charge >= 0.3 is 12.1 Å². The van der Waals surface area contributed by atoms with Crippen LogP contribution >= 0.6 is 0 Å². The number of nitrogens with one attached hydrogen (secondary N) is 3. The fourth-order valence-corrected chi connectivity index (χ4v) is 2.43. The van der Waals surface area contributed by atoms with Gasteiger partial charge < -0.3 is 30.5 Å². The number of ether oxygens (including phenoxy) is 2. The smallest absolute Gasteiger partial charge is 0.407 e. The van der Waals surface area contributed by atoms with Crippen LogP contribution in [0.15, 0.2) is 30.3 Å². The lowest BCUT2D eigenvalue weighted by Gasteiger charge is -2.26. The molecular formula is C20H33N3O5. The Bertz CT molecular complexity index is 589. The van der Waals surface area contributed by atoms with Gasteiger partial charge in [-0.25, -0.2) is 4.79 Å². The largest absolute Gasteiger partial charge is 0.459 e. The van der Waals surface area contributed by atoms with Crippen LogP contribution in [-0.4, -0.2) is 61.1 Å². The van der Waals surface area contributed by atoms with Crippen LogP contribution in [0.5, 0.6) is 0 Å². The van der Waals surface area contributed by atoms with Gasteiger partial charge in [0.1, 0.15) is 12.2 Å². The van der Waals surface area contributed by atoms with E-state index in [1.165, 1.54) is 0 Å². The maximum Gasteiger partial charge on any atom is 0.407 e. The first kappa shape index (κ1) is 23.9. The molecule has 1 amide bonds. The van der Waals surface area contributed by atoms with Crippen molar-refractivity contribution in [3.63, 3.8) is 0 Å². The fraction of sp³-hybridized carbons (Fsp3) is 0.600. The van der Waals surface area contributed by atoms with E-state index in [-0.39, 0.29) is 37.8 Å². The maximum atomic E-state index is 12.0. The molecule has 2 unspecified atom stereocenters. The normalized spacial score (nSPS) is 13.5. The Morgan fingerprint density at radius 3 is 2.46 bits per heavy atom. The van der Waals surface area contributed by atoms with Gasteiger partial charge in [0.25, 0.3) is 0 Å². The highest BCUT2D eigenvalue weighted by Gasteiger charge is 2.21. The summed E-state index contributed by atoms with van der Waals surface area (Å²) in [5, 5.41) is 18.0. The highest BCUT2D eigenvalue weighted by Crippen LogP contribution is 2.06. The molecule has 8 nitrogen and oxygen atoms in total. The first-order valence-electron chi connectivity index (χ1n) is 9.45. The molecule has 0 spiro atoms. The molecule has 1 aromatic carbocycles. The van der Waals surface area contributed by atoms with Crippen molar-refractivity contribution in [1.82, 2.24) is 16.0 Å². The molecule has 0 saturated heterocycles. The molecule has 1 aromatic rings. The Kier molecular flexibility index (Phi) is 10.5. The van der Waals surface area contributed by atoms with Crippen molar-refractivity contribution in [3.05, 3.63) is 35.9 Å². The Morgan fingerprint density at radius 2 is 1.86 bits per heavy atom. The number of benzene rings is 1. The number of amides is 1. The van der Waals surface area contributed by atoms with Crippen LogP contribution in [0.25, 0.3) is 0 Å². The van der Waals surface area contributed by atoms with Crippen molar-refractivity contribution in [2.75, 3.05) is 26.2 Å². The Labute approximate surface area is 167 Å². The van der Waals surface area contributed by atoms with Gasteiger partial charge in [-0.3, -0.25) is 4.79 Å². The molecule has 0 aliphatic carbocycles. The van der Waals surface area contributed by atoms with Crippen molar-refractivity contribution in [3.8, 4) is 0 Å². The van der Waals surface area contributed by atoms with Gasteiger partial charge in [-0.05, 0) is 33.3 Å². The van der Waals surface area contributed by atoms with Crippen LogP contribution in [0, 0.1) is 0 Å². The summed E-state index contributed by atoms with van der Waals surface area (Å²) in [4.78, 5) is 23.8. The third-order valence-corrected chi connectivity index (χ3v) is 3.73. The molecule has 0 radical (unpaired) electrons. The van der Waals surface area contributed by atoms with Crippen LogP contribution in [0.4, 0.5) is 4.79 Å². The number of carbonyl (C=O) groups is 2. The number of esters is 1. The molecule has 0 aromatic heterocycles. The summed E-state index contributed by atoms with van der Waals surface area (Å²) < 4.78 is 10.5. The van der Waals surface area contributed by atoms with Gasteiger partial charge in [0.15, 0.2) is 0 Å². The SMILES string of the molecule is CC(NC(=O)OCc1ccccc1)C(CNCC(=O)OC(C)(C)C)NCCO. The molecule has 158 valence electrons. The predicted octanol–water partition coefficient (Wildman–Crippen LogP) is 1.18. The summed E-state index contributed by atoms with van der Waals surface area (Å²) in [5.41, 5.74) is 0.365. The molecule has 0 fully saturated rings. The molecule has 0 aliphatic heterocycles. The maximum absolute atomic E-state index is 12.0. The topological polar surface area (TPSA) is 109 Å². The van der Waals surface area contributed by atoms with Crippen molar-refractivity contribution in [1.29, 1.82) is 0 Å². The van der Waals surface area contributed by atoms with E-state index in [0.717, 1.165) is 5.56 Å².